The summed E-state index contributed by atoms with van der Waals surface area (Å²) in [7, 11) is 0. The second-order valence-corrected chi connectivity index (χ2v) is 6.95. The third-order valence-corrected chi connectivity index (χ3v) is 4.55. The summed E-state index contributed by atoms with van der Waals surface area (Å²) >= 11 is 0.316. The lowest BCUT2D eigenvalue weighted by atomic mass is 10.1. The van der Waals surface area contributed by atoms with Crippen molar-refractivity contribution in [3.05, 3.63) is 41.0 Å². The number of halogens is 2. The normalized spacial score (nSPS) is 11.3. The summed E-state index contributed by atoms with van der Waals surface area (Å²) in [5.41, 5.74) is 3.99. The Labute approximate surface area is 158 Å². The number of nitrogens with one attached hydrogen (secondary N) is 1. The number of fused-ring (bicyclic) bond motifs is 1. The zero-order valence-electron chi connectivity index (χ0n) is 15.0. The van der Waals surface area contributed by atoms with E-state index in [2.05, 4.69) is 20.3 Å². The van der Waals surface area contributed by atoms with Gasteiger partial charge in [0.2, 0.25) is 5.91 Å². The predicted molar refractivity (Wildman–Crippen MR) is 99.1 cm³/mol. The summed E-state index contributed by atoms with van der Waals surface area (Å²) in [4.78, 5) is 24.7. The summed E-state index contributed by atoms with van der Waals surface area (Å²) < 4.78 is 30.3. The number of anilines is 1. The molecule has 0 radical (unpaired) electrons. The van der Waals surface area contributed by atoms with Gasteiger partial charge in [-0.1, -0.05) is 0 Å². The topological polar surface area (TPSA) is 80.9 Å². The molecule has 1 aromatic carbocycles. The maximum atomic E-state index is 12.5. The molecule has 3 aromatic rings. The van der Waals surface area contributed by atoms with E-state index < -0.39 is 5.76 Å². The lowest BCUT2D eigenvalue weighted by Crippen LogP contribution is -2.13. The molecule has 142 valence electrons. The number of hydrogen-bond acceptors (Lipinski definition) is 6. The van der Waals surface area contributed by atoms with Crippen molar-refractivity contribution < 1.29 is 18.0 Å². The molecule has 0 atom stereocenters. The van der Waals surface area contributed by atoms with Gasteiger partial charge in [0.1, 0.15) is 5.52 Å². The van der Waals surface area contributed by atoms with Gasteiger partial charge < -0.3 is 9.73 Å². The van der Waals surface area contributed by atoms with Crippen LogP contribution >= 0.6 is 11.8 Å². The maximum absolute atomic E-state index is 12.5. The third-order valence-electron chi connectivity index (χ3n) is 3.97. The number of aryl methyl sites for hydroxylation is 3. The Hall–Kier alpha value is -2.55. The van der Waals surface area contributed by atoms with Crippen LogP contribution in [0.3, 0.4) is 0 Å². The first-order valence-electron chi connectivity index (χ1n) is 8.28. The number of alkyl halides is 2. The number of benzene rings is 1. The zero-order valence-corrected chi connectivity index (χ0v) is 15.9. The van der Waals surface area contributed by atoms with Gasteiger partial charge in [-0.3, -0.25) is 4.79 Å². The fourth-order valence-corrected chi connectivity index (χ4v) is 3.32. The maximum Gasteiger partial charge on any atom is 0.291 e. The number of oxazole rings is 1. The molecule has 6 nitrogen and oxygen atoms in total. The van der Waals surface area contributed by atoms with Crippen molar-refractivity contribution in [1.82, 2.24) is 15.0 Å². The lowest BCUT2D eigenvalue weighted by molar-refractivity contribution is -0.116. The Morgan fingerprint density at radius 3 is 2.56 bits per heavy atom. The van der Waals surface area contributed by atoms with Gasteiger partial charge in [-0.25, -0.2) is 15.0 Å². The van der Waals surface area contributed by atoms with Crippen molar-refractivity contribution in [3.63, 3.8) is 0 Å². The molecule has 1 amide bonds. The van der Waals surface area contributed by atoms with Crippen molar-refractivity contribution in [2.45, 2.75) is 44.5 Å². The molecule has 0 saturated carbocycles. The summed E-state index contributed by atoms with van der Waals surface area (Å²) in [6, 6.07) is 5.26. The number of carbonyl (C=O) groups excluding carboxylic acids is 1. The monoisotopic (exact) mass is 392 g/mol. The Balaban J connectivity index is 1.64. The number of hydrogen-bond donors (Lipinski definition) is 1. The molecule has 0 unspecified atom stereocenters. The molecule has 3 rings (SSSR count). The van der Waals surface area contributed by atoms with E-state index in [0.29, 0.717) is 52.2 Å². The molecule has 0 aliphatic heterocycles. The fraction of sp³-hybridized carbons (Fsp3) is 0.333. The number of rotatable bonds is 6. The van der Waals surface area contributed by atoms with Crippen LogP contribution in [0, 0.1) is 20.8 Å². The molecule has 1 N–H and O–H groups in total. The van der Waals surface area contributed by atoms with E-state index in [-0.39, 0.29) is 17.5 Å². The average Bonchev–Trinajstić information content (AvgIpc) is 2.92. The van der Waals surface area contributed by atoms with Crippen LogP contribution < -0.4 is 5.32 Å². The number of amides is 1. The standard InChI is InChI=1S/C18H18F2N4O2S/c1-9-13(10(2)22-18(21-9)27-17(19)20)5-7-16(25)24-12-4-6-15-14(8-12)23-11(3)26-15/h4,6,8,17H,5,7H2,1-3H3,(H,24,25). The highest BCUT2D eigenvalue weighted by atomic mass is 32.2. The van der Waals surface area contributed by atoms with E-state index in [0.717, 1.165) is 5.56 Å². The number of carbonyl (C=O) groups is 1. The number of aromatic nitrogens is 3. The van der Waals surface area contributed by atoms with Gasteiger partial charge in [0.05, 0.1) is 0 Å². The van der Waals surface area contributed by atoms with E-state index in [9.17, 15) is 13.6 Å². The van der Waals surface area contributed by atoms with Crippen LogP contribution in [-0.4, -0.2) is 26.6 Å². The highest BCUT2D eigenvalue weighted by Gasteiger charge is 2.14. The molecular weight excluding hydrogens is 374 g/mol. The number of nitrogens with zero attached hydrogens (tertiary/aromatic N) is 3. The summed E-state index contributed by atoms with van der Waals surface area (Å²) in [6.45, 7) is 5.23. The van der Waals surface area contributed by atoms with Gasteiger partial charge >= 0.3 is 0 Å². The molecule has 0 fully saturated rings. The average molecular weight is 392 g/mol. The SMILES string of the molecule is Cc1nc2cc(NC(=O)CCc3c(C)nc(SC(F)F)nc3C)ccc2o1. The van der Waals surface area contributed by atoms with Gasteiger partial charge in [-0.2, -0.15) is 8.78 Å². The van der Waals surface area contributed by atoms with Gasteiger partial charge in [0, 0.05) is 30.4 Å². The minimum Gasteiger partial charge on any atom is -0.441 e. The summed E-state index contributed by atoms with van der Waals surface area (Å²) in [6.07, 6.45) is 0.649. The number of thioether (sulfide) groups is 1. The second kappa shape index (κ2) is 7.99. The van der Waals surface area contributed by atoms with Crippen molar-refractivity contribution in [1.29, 1.82) is 0 Å². The van der Waals surface area contributed by atoms with Crippen LogP contribution in [0.2, 0.25) is 0 Å². The minimum atomic E-state index is -2.56. The molecule has 0 saturated heterocycles. The van der Waals surface area contributed by atoms with Crippen LogP contribution in [0.4, 0.5) is 14.5 Å². The Morgan fingerprint density at radius 1 is 1.19 bits per heavy atom. The molecule has 0 bridgehead atoms. The van der Waals surface area contributed by atoms with Gasteiger partial charge in [-0.15, -0.1) is 0 Å². The first-order chi connectivity index (χ1) is 12.8. The van der Waals surface area contributed by atoms with Crippen LogP contribution in [0.25, 0.3) is 11.1 Å². The van der Waals surface area contributed by atoms with Crippen molar-refractivity contribution in [2.24, 2.45) is 0 Å². The second-order valence-electron chi connectivity index (χ2n) is 6.00. The minimum absolute atomic E-state index is 0.0457. The van der Waals surface area contributed by atoms with Crippen LogP contribution in [0.1, 0.15) is 29.3 Å². The first-order valence-corrected chi connectivity index (χ1v) is 9.16. The third kappa shape index (κ3) is 4.79. The Morgan fingerprint density at radius 2 is 1.89 bits per heavy atom. The Kier molecular flexibility index (Phi) is 5.69. The molecule has 0 spiro atoms. The molecule has 27 heavy (non-hydrogen) atoms. The van der Waals surface area contributed by atoms with Crippen LogP contribution in [0.5, 0.6) is 0 Å². The molecule has 0 aliphatic rings. The van der Waals surface area contributed by atoms with Crippen LogP contribution in [-0.2, 0) is 11.2 Å². The quantitative estimate of drug-likeness (QED) is 0.494. The molecule has 2 heterocycles. The lowest BCUT2D eigenvalue weighted by Gasteiger charge is -2.11. The fourth-order valence-electron chi connectivity index (χ4n) is 2.79. The smallest absolute Gasteiger partial charge is 0.291 e. The zero-order chi connectivity index (χ0) is 19.6. The highest BCUT2D eigenvalue weighted by molar-refractivity contribution is 7.99. The molecular formula is C18H18F2N4O2S. The van der Waals surface area contributed by atoms with Crippen molar-refractivity contribution in [2.75, 3.05) is 5.32 Å². The first kappa shape index (κ1) is 19.2. The van der Waals surface area contributed by atoms with Gasteiger partial charge in [0.15, 0.2) is 16.6 Å². The molecule has 2 aromatic heterocycles. The van der Waals surface area contributed by atoms with E-state index in [1.165, 1.54) is 0 Å². The van der Waals surface area contributed by atoms with Crippen LogP contribution in [0.15, 0.2) is 27.8 Å². The summed E-state index contributed by atoms with van der Waals surface area (Å²) in [5, 5.41) is 2.87. The van der Waals surface area contributed by atoms with Gasteiger partial charge in [0.25, 0.3) is 5.76 Å². The predicted octanol–water partition coefficient (Wildman–Crippen LogP) is 4.43. The van der Waals surface area contributed by atoms with E-state index in [4.69, 9.17) is 4.42 Å². The van der Waals surface area contributed by atoms with Gasteiger partial charge in [-0.05, 0) is 55.8 Å². The summed E-state index contributed by atoms with van der Waals surface area (Å²) in [5.74, 6) is -2.17. The molecule has 0 aliphatic carbocycles. The van der Waals surface area contributed by atoms with Crippen molar-refractivity contribution >= 4 is 34.5 Å². The van der Waals surface area contributed by atoms with E-state index >= 15 is 0 Å². The highest BCUT2D eigenvalue weighted by Crippen LogP contribution is 2.24. The van der Waals surface area contributed by atoms with E-state index in [1.54, 1.807) is 39.0 Å². The molecule has 9 heteroatoms. The van der Waals surface area contributed by atoms with Crippen molar-refractivity contribution in [3.8, 4) is 0 Å². The van der Waals surface area contributed by atoms with E-state index in [1.807, 2.05) is 0 Å². The Bertz CT molecular complexity index is 968. The largest absolute Gasteiger partial charge is 0.441 e.